The van der Waals surface area contributed by atoms with Gasteiger partial charge in [0.1, 0.15) is 4.60 Å². The van der Waals surface area contributed by atoms with Gasteiger partial charge in [-0.15, -0.1) is 0 Å². The van der Waals surface area contributed by atoms with Gasteiger partial charge < -0.3 is 15.7 Å². The number of rotatable bonds is 5. The molecule has 2 heterocycles. The van der Waals surface area contributed by atoms with Crippen molar-refractivity contribution in [2.24, 2.45) is 40.9 Å². The van der Waals surface area contributed by atoms with E-state index in [1.807, 2.05) is 0 Å². The number of nitrogens with one attached hydrogen (secondary N) is 2. The highest BCUT2D eigenvalue weighted by Gasteiger charge is 2.75. The van der Waals surface area contributed by atoms with E-state index in [9.17, 15) is 14.7 Å². The molecule has 6 nitrogen and oxygen atoms in total. The highest BCUT2D eigenvalue weighted by Crippen LogP contribution is 2.78. The van der Waals surface area contributed by atoms with Crippen molar-refractivity contribution in [3.8, 4) is 0 Å². The number of hydrogen-bond acceptors (Lipinski definition) is 4. The monoisotopic (exact) mass is 461 g/mol. The minimum atomic E-state index is -0.793. The molecule has 6 atom stereocenters. The number of pyridine rings is 1. The lowest BCUT2D eigenvalue weighted by atomic mass is 9.78. The molecule has 0 aromatic carbocycles. The maximum atomic E-state index is 13.2. The molecule has 29 heavy (non-hydrogen) atoms. The summed E-state index contributed by atoms with van der Waals surface area (Å²) in [7, 11) is 0. The Morgan fingerprint density at radius 2 is 1.90 bits per heavy atom. The van der Waals surface area contributed by atoms with E-state index in [0.29, 0.717) is 16.2 Å². The molecule has 7 heteroatoms. The van der Waals surface area contributed by atoms with Crippen LogP contribution in [0.3, 0.4) is 0 Å². The Morgan fingerprint density at radius 3 is 2.55 bits per heavy atom. The predicted octanol–water partition coefficient (Wildman–Crippen LogP) is 3.54. The number of piperidine rings is 1. The highest BCUT2D eigenvalue weighted by atomic mass is 79.9. The number of carbonyl (C=O) groups excluding carboxylic acids is 1. The van der Waals surface area contributed by atoms with E-state index in [4.69, 9.17) is 0 Å². The summed E-state index contributed by atoms with van der Waals surface area (Å²) in [6.07, 6.45) is 8.36. The van der Waals surface area contributed by atoms with Crippen LogP contribution in [0.1, 0.15) is 38.5 Å². The van der Waals surface area contributed by atoms with E-state index < -0.39 is 17.8 Å². The molecule has 156 valence electrons. The van der Waals surface area contributed by atoms with Crippen molar-refractivity contribution < 1.29 is 14.7 Å². The van der Waals surface area contributed by atoms with Crippen molar-refractivity contribution >= 4 is 33.5 Å². The molecule has 3 saturated carbocycles. The van der Waals surface area contributed by atoms with Gasteiger partial charge >= 0.3 is 5.97 Å². The summed E-state index contributed by atoms with van der Waals surface area (Å²) in [6, 6.07) is 3.58. The second-order valence-corrected chi connectivity index (χ2v) is 10.3. The van der Waals surface area contributed by atoms with Gasteiger partial charge in [0, 0.05) is 0 Å². The lowest BCUT2D eigenvalue weighted by molar-refractivity contribution is -0.148. The van der Waals surface area contributed by atoms with E-state index in [1.165, 1.54) is 19.3 Å². The zero-order valence-corrected chi connectivity index (χ0v) is 18.0. The molecule has 0 radical (unpaired) electrons. The van der Waals surface area contributed by atoms with Gasteiger partial charge in [-0.05, 0) is 109 Å². The molecule has 1 aromatic heterocycles. The molecule has 2 bridgehead atoms. The number of carboxylic acid groups (broad SMARTS) is 1. The first kappa shape index (κ1) is 19.5. The van der Waals surface area contributed by atoms with Gasteiger partial charge in [0.05, 0.1) is 23.7 Å². The lowest BCUT2D eigenvalue weighted by Crippen LogP contribution is -2.37. The van der Waals surface area contributed by atoms with E-state index in [2.05, 4.69) is 31.5 Å². The number of halogens is 1. The molecule has 4 fully saturated rings. The van der Waals surface area contributed by atoms with Gasteiger partial charge in [0.25, 0.3) is 0 Å². The summed E-state index contributed by atoms with van der Waals surface area (Å²) in [6.45, 7) is 2.20. The summed E-state index contributed by atoms with van der Waals surface area (Å²) in [5.41, 5.74) is 0.731. The largest absolute Gasteiger partial charge is 0.481 e. The third-order valence-corrected chi connectivity index (χ3v) is 8.75. The molecule has 1 spiro atoms. The lowest BCUT2D eigenvalue weighted by Gasteiger charge is -2.26. The van der Waals surface area contributed by atoms with Crippen LogP contribution in [0, 0.1) is 40.9 Å². The zero-order valence-electron chi connectivity index (χ0n) is 16.4. The van der Waals surface area contributed by atoms with E-state index >= 15 is 0 Å². The molecule has 4 aliphatic rings. The molecule has 1 amide bonds. The van der Waals surface area contributed by atoms with E-state index in [0.717, 1.165) is 38.3 Å². The topological polar surface area (TPSA) is 91.3 Å². The number of anilines is 1. The minimum absolute atomic E-state index is 0.105. The van der Waals surface area contributed by atoms with Gasteiger partial charge in [-0.2, -0.15) is 0 Å². The summed E-state index contributed by atoms with van der Waals surface area (Å²) < 4.78 is 0.705. The van der Waals surface area contributed by atoms with Crippen LogP contribution in [0.25, 0.3) is 0 Å². The van der Waals surface area contributed by atoms with Crippen LogP contribution in [0.15, 0.2) is 22.9 Å². The fourth-order valence-electron chi connectivity index (χ4n) is 7.15. The molecule has 2 unspecified atom stereocenters. The number of carbonyl (C=O) groups is 2. The van der Waals surface area contributed by atoms with Gasteiger partial charge in [-0.25, -0.2) is 4.98 Å². The fraction of sp³-hybridized carbons (Fsp3) is 0.682. The minimum Gasteiger partial charge on any atom is -0.481 e. The molecular weight excluding hydrogens is 434 g/mol. The molecular formula is C22H28BrN3O3. The summed E-state index contributed by atoms with van der Waals surface area (Å²) >= 11 is 3.30. The van der Waals surface area contributed by atoms with E-state index in [-0.39, 0.29) is 23.2 Å². The van der Waals surface area contributed by atoms with E-state index in [1.54, 1.807) is 18.3 Å². The van der Waals surface area contributed by atoms with Crippen molar-refractivity contribution in [2.45, 2.75) is 38.5 Å². The predicted molar refractivity (Wildman–Crippen MR) is 112 cm³/mol. The van der Waals surface area contributed by atoms with Gasteiger partial charge in [-0.1, -0.05) is 0 Å². The van der Waals surface area contributed by atoms with Gasteiger partial charge in [0.15, 0.2) is 0 Å². The smallest absolute Gasteiger partial charge is 0.307 e. The zero-order chi connectivity index (χ0) is 20.2. The summed E-state index contributed by atoms with van der Waals surface area (Å²) in [5, 5.41) is 16.4. The normalized spacial score (nSPS) is 38.3. The Bertz CT molecular complexity index is 810. The number of nitrogens with zero attached hydrogens (tertiary/aromatic N) is 1. The summed E-state index contributed by atoms with van der Waals surface area (Å²) in [4.78, 5) is 29.6. The van der Waals surface area contributed by atoms with Crippen molar-refractivity contribution in [2.75, 3.05) is 18.4 Å². The Kier molecular flexibility index (Phi) is 4.93. The van der Waals surface area contributed by atoms with Crippen molar-refractivity contribution in [3.63, 3.8) is 0 Å². The van der Waals surface area contributed by atoms with Crippen LogP contribution in [0.5, 0.6) is 0 Å². The number of carboxylic acids is 1. The molecule has 3 N–H and O–H groups in total. The number of hydrogen-bond donors (Lipinski definition) is 3. The molecule has 1 saturated heterocycles. The standard InChI is InChI=1S/C22H28BrN3O3/c23-17-4-1-14(11-25-17)26-20(27)18-15-2-3-16(19(18)21(28)29)22(15)10-13(22)9-12-5-7-24-8-6-12/h1,4,11-13,15-16,18-19,24H,2-3,5-10H2,(H,26,27)(H,28,29)/t13?,15-,16+,18+,19+,22?/m0/s1. The third-order valence-electron chi connectivity index (χ3n) is 8.28. The maximum absolute atomic E-state index is 13.2. The first-order valence-electron chi connectivity index (χ1n) is 10.9. The third kappa shape index (κ3) is 3.21. The second kappa shape index (κ2) is 7.34. The van der Waals surface area contributed by atoms with Gasteiger partial charge in [-0.3, -0.25) is 9.59 Å². The average molecular weight is 462 g/mol. The maximum Gasteiger partial charge on any atom is 0.307 e. The molecule has 5 rings (SSSR count). The first-order chi connectivity index (χ1) is 14.0. The quantitative estimate of drug-likeness (QED) is 0.583. The van der Waals surface area contributed by atoms with Crippen LogP contribution in [0.4, 0.5) is 5.69 Å². The van der Waals surface area contributed by atoms with Gasteiger partial charge in [0.2, 0.25) is 5.91 Å². The summed E-state index contributed by atoms with van der Waals surface area (Å²) in [5.74, 6) is -0.164. The molecule has 1 aliphatic heterocycles. The average Bonchev–Trinajstić information content (AvgIpc) is 3.21. The first-order valence-corrected chi connectivity index (χ1v) is 11.7. The number of aromatic nitrogens is 1. The fourth-order valence-corrected chi connectivity index (χ4v) is 7.38. The Hall–Kier alpha value is -1.47. The SMILES string of the molecule is O=C(O)[C@H]1[C@H](C(=O)Nc2ccc(Br)nc2)[C@@H]2CC[C@H]1C21CC1CC1CCNCC1. The van der Waals surface area contributed by atoms with Crippen LogP contribution in [-0.2, 0) is 9.59 Å². The van der Waals surface area contributed by atoms with Crippen LogP contribution in [0.2, 0.25) is 0 Å². The molecule has 3 aliphatic carbocycles. The number of amides is 1. The molecule has 1 aromatic rings. The van der Waals surface area contributed by atoms with Crippen LogP contribution < -0.4 is 10.6 Å². The Balaban J connectivity index is 1.35. The van der Waals surface area contributed by atoms with Crippen molar-refractivity contribution in [1.29, 1.82) is 0 Å². The number of aliphatic carboxylic acids is 1. The second-order valence-electron chi connectivity index (χ2n) is 9.48. The van der Waals surface area contributed by atoms with Crippen molar-refractivity contribution in [1.82, 2.24) is 10.3 Å². The van der Waals surface area contributed by atoms with Crippen LogP contribution >= 0.6 is 15.9 Å². The van der Waals surface area contributed by atoms with Crippen LogP contribution in [-0.4, -0.2) is 35.1 Å². The Labute approximate surface area is 179 Å². The Morgan fingerprint density at radius 1 is 1.17 bits per heavy atom. The highest BCUT2D eigenvalue weighted by molar-refractivity contribution is 9.10. The van der Waals surface area contributed by atoms with Crippen molar-refractivity contribution in [3.05, 3.63) is 22.9 Å².